The molecule has 1 spiro atoms. The number of nitrogen functional groups attached to an aromatic ring is 1. The lowest BCUT2D eigenvalue weighted by atomic mass is 9.64. The summed E-state index contributed by atoms with van der Waals surface area (Å²) in [4.78, 5) is 9.26. The maximum atomic E-state index is 7.57. The van der Waals surface area contributed by atoms with Crippen molar-refractivity contribution < 1.29 is 14.6 Å². The highest BCUT2D eigenvalue weighted by Crippen LogP contribution is 2.47. The maximum Gasteiger partial charge on any atom is 0.222 e. The largest absolute Gasteiger partial charge is 0.496 e. The quantitative estimate of drug-likeness (QED) is 0.211. The smallest absolute Gasteiger partial charge is 0.222 e. The van der Waals surface area contributed by atoms with Gasteiger partial charge in [0.15, 0.2) is 5.82 Å². The number of rotatable bonds is 10. The molecular weight excluding hydrogens is 504 g/mol. The van der Waals surface area contributed by atoms with Gasteiger partial charge in [0.1, 0.15) is 16.8 Å². The summed E-state index contributed by atoms with van der Waals surface area (Å²) in [6.45, 7) is 8.29. The summed E-state index contributed by atoms with van der Waals surface area (Å²) in [5.41, 5.74) is 11.9. The van der Waals surface area contributed by atoms with Gasteiger partial charge in [0.25, 0.3) is 0 Å². The molecule has 0 bridgehead atoms. The second-order valence-corrected chi connectivity index (χ2v) is 11.0. The fourth-order valence-corrected chi connectivity index (χ4v) is 5.87. The van der Waals surface area contributed by atoms with Crippen LogP contribution in [0.1, 0.15) is 50.7 Å². The van der Waals surface area contributed by atoms with Gasteiger partial charge in [-0.15, -0.1) is 0 Å². The van der Waals surface area contributed by atoms with Crippen LogP contribution in [0.5, 0.6) is 5.75 Å². The van der Waals surface area contributed by atoms with Gasteiger partial charge >= 0.3 is 0 Å². The third-order valence-corrected chi connectivity index (χ3v) is 7.89. The summed E-state index contributed by atoms with van der Waals surface area (Å²) in [5, 5.41) is 15.9. The highest BCUT2D eigenvalue weighted by Gasteiger charge is 2.49. The van der Waals surface area contributed by atoms with E-state index in [1.54, 1.807) is 14.0 Å². The SMILES string of the molecule is CCCCNc1nc(N)nc2c3ccccc3n(Cc3cc(CNC4CC5(COC5)C4)ccc3OC)c12.CCO. The zero-order valence-corrected chi connectivity index (χ0v) is 23.9. The molecule has 2 aliphatic rings. The van der Waals surface area contributed by atoms with Crippen molar-refractivity contribution in [2.24, 2.45) is 5.41 Å². The second-order valence-electron chi connectivity index (χ2n) is 11.0. The van der Waals surface area contributed by atoms with Gasteiger partial charge in [0, 0.05) is 42.1 Å². The molecule has 1 aliphatic heterocycles. The molecule has 5 N–H and O–H groups in total. The minimum Gasteiger partial charge on any atom is -0.496 e. The van der Waals surface area contributed by atoms with E-state index in [4.69, 9.17) is 20.3 Å². The van der Waals surface area contributed by atoms with Gasteiger partial charge in [-0.1, -0.05) is 37.6 Å². The van der Waals surface area contributed by atoms with Gasteiger partial charge in [0.2, 0.25) is 5.95 Å². The van der Waals surface area contributed by atoms with E-state index < -0.39 is 0 Å². The molecule has 3 heterocycles. The molecule has 0 atom stereocenters. The van der Waals surface area contributed by atoms with Crippen molar-refractivity contribution in [3.63, 3.8) is 0 Å². The predicted molar refractivity (Wildman–Crippen MR) is 161 cm³/mol. The van der Waals surface area contributed by atoms with Crippen molar-refractivity contribution in [3.8, 4) is 5.75 Å². The van der Waals surface area contributed by atoms with E-state index in [1.807, 2.05) is 6.07 Å². The van der Waals surface area contributed by atoms with Crippen molar-refractivity contribution in [3.05, 3.63) is 53.6 Å². The number of hydrogen-bond donors (Lipinski definition) is 4. The first-order valence-electron chi connectivity index (χ1n) is 14.4. The summed E-state index contributed by atoms with van der Waals surface area (Å²) in [6.07, 6.45) is 4.60. The van der Waals surface area contributed by atoms with Crippen molar-refractivity contribution >= 4 is 33.7 Å². The summed E-state index contributed by atoms with van der Waals surface area (Å²) < 4.78 is 13.5. The molecule has 9 heteroatoms. The minimum absolute atomic E-state index is 0.250. The zero-order valence-electron chi connectivity index (χ0n) is 23.9. The number of unbranched alkanes of at least 4 members (excludes halogenated alkanes) is 1. The number of aliphatic hydroxyl groups excluding tert-OH is 1. The van der Waals surface area contributed by atoms with E-state index in [0.717, 1.165) is 78.2 Å². The molecule has 0 amide bonds. The molecule has 1 aliphatic carbocycles. The number of para-hydroxylation sites is 1. The lowest BCUT2D eigenvalue weighted by molar-refractivity contribution is -0.167. The Morgan fingerprint density at radius 2 is 1.93 bits per heavy atom. The van der Waals surface area contributed by atoms with Crippen LogP contribution in [0.15, 0.2) is 42.5 Å². The molecule has 2 aromatic carbocycles. The Kier molecular flexibility index (Phi) is 8.73. The monoisotopic (exact) mass is 546 g/mol. The fourth-order valence-electron chi connectivity index (χ4n) is 5.87. The highest BCUT2D eigenvalue weighted by atomic mass is 16.5. The molecule has 0 unspecified atom stereocenters. The van der Waals surface area contributed by atoms with Crippen molar-refractivity contribution in [2.75, 3.05) is 44.5 Å². The molecular formula is C31H42N6O3. The van der Waals surface area contributed by atoms with Crippen molar-refractivity contribution in [2.45, 2.75) is 58.7 Å². The van der Waals surface area contributed by atoms with Crippen LogP contribution in [0.25, 0.3) is 21.9 Å². The van der Waals surface area contributed by atoms with E-state index >= 15 is 0 Å². The standard InChI is InChI=1S/C29H36N6O2.C2H6O/c1-3-4-11-31-27-26-25(33-28(30)34-27)22-7-5-6-8-23(22)35(26)16-20-12-19(9-10-24(20)36-2)15-32-21-13-29(14-21)17-37-18-29;1-2-3/h5-10,12,21,32H,3-4,11,13-18H2,1-2H3,(H3,30,31,33,34);3H,2H2,1H3. The number of nitrogens with zero attached hydrogens (tertiary/aromatic N) is 3. The lowest BCUT2D eigenvalue weighted by Crippen LogP contribution is -2.58. The Hall–Kier alpha value is -3.40. The van der Waals surface area contributed by atoms with E-state index in [1.165, 1.54) is 18.4 Å². The van der Waals surface area contributed by atoms with Gasteiger partial charge in [0.05, 0.1) is 32.4 Å². The Morgan fingerprint density at radius 1 is 1.15 bits per heavy atom. The van der Waals surface area contributed by atoms with Gasteiger partial charge in [-0.3, -0.25) is 0 Å². The number of anilines is 2. The summed E-state index contributed by atoms with van der Waals surface area (Å²) in [5.74, 6) is 1.94. The van der Waals surface area contributed by atoms with Gasteiger partial charge in [-0.25, -0.2) is 4.98 Å². The number of nitrogens with two attached hydrogens (primary N) is 1. The maximum absolute atomic E-state index is 7.57. The van der Waals surface area contributed by atoms with Crippen LogP contribution in [0.3, 0.4) is 0 Å². The molecule has 4 aromatic rings. The highest BCUT2D eigenvalue weighted by molar-refractivity contribution is 6.09. The van der Waals surface area contributed by atoms with Crippen LogP contribution in [0.2, 0.25) is 0 Å². The lowest BCUT2D eigenvalue weighted by Gasteiger charge is -2.53. The van der Waals surface area contributed by atoms with Crippen LogP contribution in [-0.4, -0.2) is 59.2 Å². The predicted octanol–water partition coefficient (Wildman–Crippen LogP) is 4.70. The minimum atomic E-state index is 0.250. The van der Waals surface area contributed by atoms with Gasteiger partial charge in [-0.2, -0.15) is 4.98 Å². The Bertz CT molecular complexity index is 1440. The number of ether oxygens (including phenoxy) is 2. The average Bonchev–Trinajstić information content (AvgIpc) is 3.21. The molecule has 9 nitrogen and oxygen atoms in total. The van der Waals surface area contributed by atoms with Crippen LogP contribution >= 0.6 is 0 Å². The van der Waals surface area contributed by atoms with E-state index in [0.29, 0.717) is 18.0 Å². The van der Waals surface area contributed by atoms with Crippen LogP contribution in [0, 0.1) is 5.41 Å². The topological polar surface area (TPSA) is 119 Å². The summed E-state index contributed by atoms with van der Waals surface area (Å²) in [7, 11) is 1.73. The summed E-state index contributed by atoms with van der Waals surface area (Å²) in [6, 6.07) is 15.4. The number of nitrogens with one attached hydrogen (secondary N) is 2. The van der Waals surface area contributed by atoms with E-state index in [2.05, 4.69) is 68.5 Å². The first-order chi connectivity index (χ1) is 19.5. The van der Waals surface area contributed by atoms with Gasteiger partial charge < -0.3 is 35.5 Å². The number of hydrogen-bond acceptors (Lipinski definition) is 8. The first kappa shape index (κ1) is 28.1. The zero-order chi connectivity index (χ0) is 28.1. The molecule has 6 rings (SSSR count). The average molecular weight is 547 g/mol. The molecule has 40 heavy (non-hydrogen) atoms. The first-order valence-corrected chi connectivity index (χ1v) is 14.4. The Labute approximate surface area is 236 Å². The van der Waals surface area contributed by atoms with Crippen molar-refractivity contribution in [1.82, 2.24) is 19.9 Å². The number of benzene rings is 2. The molecule has 2 aromatic heterocycles. The van der Waals surface area contributed by atoms with Gasteiger partial charge in [-0.05, 0) is 49.9 Å². The van der Waals surface area contributed by atoms with E-state index in [9.17, 15) is 0 Å². The van der Waals surface area contributed by atoms with Crippen LogP contribution in [0.4, 0.5) is 11.8 Å². The molecule has 214 valence electrons. The number of aromatic nitrogens is 3. The normalized spacial score (nSPS) is 15.9. The molecule has 0 radical (unpaired) electrons. The Balaban J connectivity index is 0.00000103. The second kappa shape index (κ2) is 12.4. The number of fused-ring (bicyclic) bond motifs is 3. The summed E-state index contributed by atoms with van der Waals surface area (Å²) >= 11 is 0. The molecule has 1 saturated carbocycles. The Morgan fingerprint density at radius 3 is 2.62 bits per heavy atom. The van der Waals surface area contributed by atoms with Crippen molar-refractivity contribution in [1.29, 1.82) is 0 Å². The molecule has 1 saturated heterocycles. The molecule has 2 fully saturated rings. The third kappa shape index (κ3) is 5.73. The fraction of sp³-hybridized carbons (Fsp3) is 0.484. The van der Waals surface area contributed by atoms with Crippen LogP contribution < -0.4 is 21.1 Å². The number of aliphatic hydroxyl groups is 1. The number of methoxy groups -OCH3 is 1. The van der Waals surface area contributed by atoms with Crippen LogP contribution in [-0.2, 0) is 17.8 Å². The third-order valence-electron chi connectivity index (χ3n) is 7.89. The van der Waals surface area contributed by atoms with E-state index in [-0.39, 0.29) is 12.6 Å².